The number of nitrogens with zero attached hydrogens (tertiary/aromatic N) is 2. The maximum atomic E-state index is 13.3. The largest absolute Gasteiger partial charge is 0.497 e. The lowest BCUT2D eigenvalue weighted by Gasteiger charge is -2.12. The van der Waals surface area contributed by atoms with E-state index in [1.165, 1.54) is 39.8 Å². The summed E-state index contributed by atoms with van der Waals surface area (Å²) in [5, 5.41) is 5.06. The third-order valence-corrected chi connectivity index (χ3v) is 6.34. The number of ether oxygens (including phenoxy) is 1. The maximum Gasteiger partial charge on any atom is 0.272 e. The average Bonchev–Trinajstić information content (AvgIpc) is 3.25. The van der Waals surface area contributed by atoms with E-state index in [-0.39, 0.29) is 29.6 Å². The third-order valence-electron chi connectivity index (χ3n) is 4.47. The zero-order chi connectivity index (χ0) is 21.8. The highest BCUT2D eigenvalue weighted by atomic mass is 32.2. The average molecular weight is 456 g/mol. The van der Waals surface area contributed by atoms with E-state index in [1.807, 2.05) is 5.38 Å². The van der Waals surface area contributed by atoms with Crippen LogP contribution in [0, 0.1) is 5.82 Å². The van der Waals surface area contributed by atoms with Gasteiger partial charge in [0.1, 0.15) is 16.3 Å². The summed E-state index contributed by atoms with van der Waals surface area (Å²) in [5.41, 5.74) is 1.81. The Labute approximate surface area is 185 Å². The Morgan fingerprint density at radius 1 is 1.23 bits per heavy atom. The Kier molecular flexibility index (Phi) is 6.34. The lowest BCUT2D eigenvalue weighted by Crippen LogP contribution is -2.24. The molecule has 0 radical (unpaired) electrons. The van der Waals surface area contributed by atoms with E-state index in [4.69, 9.17) is 4.74 Å². The summed E-state index contributed by atoms with van der Waals surface area (Å²) >= 11 is 2.50. The number of carbonyl (C=O) groups excluding carboxylic acids is 1. The first-order valence-corrected chi connectivity index (χ1v) is 11.2. The predicted molar refractivity (Wildman–Crippen MR) is 122 cm³/mol. The molecule has 4 aromatic rings. The summed E-state index contributed by atoms with van der Waals surface area (Å²) < 4.78 is 20.5. The van der Waals surface area contributed by atoms with Crippen molar-refractivity contribution in [3.05, 3.63) is 81.7 Å². The number of hydrogen-bond donors (Lipinski definition) is 1. The van der Waals surface area contributed by atoms with Gasteiger partial charge in [0.2, 0.25) is 5.91 Å². The number of methoxy groups -OCH3 is 1. The van der Waals surface area contributed by atoms with Crippen LogP contribution in [0.3, 0.4) is 0 Å². The number of aromatic nitrogens is 2. The Morgan fingerprint density at radius 2 is 2.03 bits per heavy atom. The van der Waals surface area contributed by atoms with Gasteiger partial charge in [-0.1, -0.05) is 30.0 Å². The highest BCUT2D eigenvalue weighted by molar-refractivity contribution is 7.99. The summed E-state index contributed by atoms with van der Waals surface area (Å²) in [6.07, 6.45) is 0. The van der Waals surface area contributed by atoms with Gasteiger partial charge >= 0.3 is 0 Å². The van der Waals surface area contributed by atoms with E-state index < -0.39 is 0 Å². The van der Waals surface area contributed by atoms with E-state index in [2.05, 4.69) is 10.3 Å². The molecule has 0 aliphatic rings. The topological polar surface area (TPSA) is 73.2 Å². The van der Waals surface area contributed by atoms with Crippen LogP contribution in [0.5, 0.6) is 5.75 Å². The Balaban J connectivity index is 1.56. The lowest BCUT2D eigenvalue weighted by atomic mass is 10.2. The van der Waals surface area contributed by atoms with Crippen molar-refractivity contribution >= 4 is 44.9 Å². The Bertz CT molecular complexity index is 1290. The third kappa shape index (κ3) is 4.95. The summed E-state index contributed by atoms with van der Waals surface area (Å²) in [6.45, 7) is 0.236. The van der Waals surface area contributed by atoms with E-state index in [9.17, 15) is 14.0 Å². The number of rotatable bonds is 7. The molecule has 0 aliphatic heterocycles. The quantitative estimate of drug-likeness (QED) is 0.331. The van der Waals surface area contributed by atoms with Crippen molar-refractivity contribution in [2.24, 2.45) is 0 Å². The normalized spacial score (nSPS) is 10.9. The predicted octanol–water partition coefficient (Wildman–Crippen LogP) is 4.38. The zero-order valence-electron chi connectivity index (χ0n) is 16.5. The van der Waals surface area contributed by atoms with Gasteiger partial charge in [0.15, 0.2) is 5.16 Å². The van der Waals surface area contributed by atoms with Crippen LogP contribution >= 0.6 is 23.1 Å². The van der Waals surface area contributed by atoms with Crippen molar-refractivity contribution in [1.82, 2.24) is 9.55 Å². The standard InChI is InChI=1S/C22H18FN3O3S2/c1-29-17-4-2-3-16(11-17)24-19(27)13-31-22-25-18-9-10-30-20(18)21(28)26(22)12-14-5-7-15(23)8-6-14/h2-11H,12-13H2,1H3,(H,24,27). The minimum absolute atomic E-state index is 0.0721. The first kappa shape index (κ1) is 21.1. The summed E-state index contributed by atoms with van der Waals surface area (Å²) in [7, 11) is 1.56. The van der Waals surface area contributed by atoms with Crippen LogP contribution in [0.2, 0.25) is 0 Å². The van der Waals surface area contributed by atoms with Crippen LogP contribution in [0.15, 0.2) is 69.9 Å². The van der Waals surface area contributed by atoms with E-state index in [0.29, 0.717) is 26.8 Å². The van der Waals surface area contributed by atoms with E-state index in [0.717, 1.165) is 5.56 Å². The number of fused-ring (bicyclic) bond motifs is 1. The van der Waals surface area contributed by atoms with Crippen molar-refractivity contribution in [2.75, 3.05) is 18.2 Å². The molecule has 0 saturated carbocycles. The van der Waals surface area contributed by atoms with Crippen molar-refractivity contribution in [1.29, 1.82) is 0 Å². The van der Waals surface area contributed by atoms with Gasteiger partial charge in [-0.3, -0.25) is 14.2 Å². The van der Waals surface area contributed by atoms with Gasteiger partial charge in [-0.2, -0.15) is 0 Å². The smallest absolute Gasteiger partial charge is 0.272 e. The monoisotopic (exact) mass is 455 g/mol. The molecule has 158 valence electrons. The first-order chi connectivity index (χ1) is 15.0. The SMILES string of the molecule is COc1cccc(NC(=O)CSc2nc3ccsc3c(=O)n2Cc2ccc(F)cc2)c1. The van der Waals surface area contributed by atoms with Gasteiger partial charge in [0.05, 0.1) is 24.9 Å². The van der Waals surface area contributed by atoms with Gasteiger partial charge in [-0.05, 0) is 41.3 Å². The molecule has 0 unspecified atom stereocenters. The molecule has 0 spiro atoms. The second-order valence-electron chi connectivity index (χ2n) is 6.62. The molecule has 0 fully saturated rings. The lowest BCUT2D eigenvalue weighted by molar-refractivity contribution is -0.113. The van der Waals surface area contributed by atoms with Gasteiger partial charge in [-0.15, -0.1) is 11.3 Å². The molecule has 1 amide bonds. The second-order valence-corrected chi connectivity index (χ2v) is 8.47. The minimum atomic E-state index is -0.341. The zero-order valence-corrected chi connectivity index (χ0v) is 18.1. The maximum absolute atomic E-state index is 13.3. The van der Waals surface area contributed by atoms with Crippen LogP contribution in [0.25, 0.3) is 10.2 Å². The number of thiophene rings is 1. The minimum Gasteiger partial charge on any atom is -0.497 e. The van der Waals surface area contributed by atoms with Crippen LogP contribution in [-0.2, 0) is 11.3 Å². The van der Waals surface area contributed by atoms with Crippen molar-refractivity contribution in [2.45, 2.75) is 11.7 Å². The molecule has 0 atom stereocenters. The highest BCUT2D eigenvalue weighted by Crippen LogP contribution is 2.23. The number of carbonyl (C=O) groups is 1. The van der Waals surface area contributed by atoms with E-state index in [1.54, 1.807) is 49.6 Å². The van der Waals surface area contributed by atoms with Crippen LogP contribution in [0.1, 0.15) is 5.56 Å². The molecule has 6 nitrogen and oxygen atoms in total. The van der Waals surface area contributed by atoms with Gasteiger partial charge in [-0.25, -0.2) is 9.37 Å². The van der Waals surface area contributed by atoms with Crippen molar-refractivity contribution < 1.29 is 13.9 Å². The fourth-order valence-electron chi connectivity index (χ4n) is 2.97. The molecular weight excluding hydrogens is 437 g/mol. The summed E-state index contributed by atoms with van der Waals surface area (Å²) in [6, 6.07) is 14.8. The molecule has 0 bridgehead atoms. The number of thioether (sulfide) groups is 1. The first-order valence-electron chi connectivity index (χ1n) is 9.32. The number of benzene rings is 2. The number of hydrogen-bond acceptors (Lipinski definition) is 6. The molecule has 2 aromatic carbocycles. The molecule has 4 rings (SSSR count). The highest BCUT2D eigenvalue weighted by Gasteiger charge is 2.15. The summed E-state index contributed by atoms with van der Waals surface area (Å²) in [4.78, 5) is 30.1. The Morgan fingerprint density at radius 3 is 2.81 bits per heavy atom. The number of halogens is 1. The van der Waals surface area contributed by atoms with Crippen LogP contribution in [-0.4, -0.2) is 28.3 Å². The molecule has 0 aliphatic carbocycles. The fraction of sp³-hybridized carbons (Fsp3) is 0.136. The Hall–Kier alpha value is -3.17. The van der Waals surface area contributed by atoms with Crippen LogP contribution < -0.4 is 15.6 Å². The second kappa shape index (κ2) is 9.32. The van der Waals surface area contributed by atoms with E-state index >= 15 is 0 Å². The van der Waals surface area contributed by atoms with Crippen LogP contribution in [0.4, 0.5) is 10.1 Å². The molecule has 2 heterocycles. The molecule has 1 N–H and O–H groups in total. The number of nitrogens with one attached hydrogen (secondary N) is 1. The molecule has 0 saturated heterocycles. The number of anilines is 1. The van der Waals surface area contributed by atoms with Gasteiger partial charge in [0, 0.05) is 11.8 Å². The van der Waals surface area contributed by atoms with Crippen molar-refractivity contribution in [3.8, 4) is 5.75 Å². The van der Waals surface area contributed by atoms with Gasteiger partial charge in [0.25, 0.3) is 5.56 Å². The van der Waals surface area contributed by atoms with Crippen molar-refractivity contribution in [3.63, 3.8) is 0 Å². The fourth-order valence-corrected chi connectivity index (χ4v) is 4.55. The molecule has 2 aromatic heterocycles. The molecule has 9 heteroatoms. The molecular formula is C22H18FN3O3S2. The summed E-state index contributed by atoms with van der Waals surface area (Å²) in [5.74, 6) is 0.143. The number of amides is 1. The van der Waals surface area contributed by atoms with Gasteiger partial charge < -0.3 is 10.1 Å². The molecule has 31 heavy (non-hydrogen) atoms.